The molecule has 27 heavy (non-hydrogen) atoms. The van der Waals surface area contributed by atoms with Gasteiger partial charge >= 0.3 is 0 Å². The summed E-state index contributed by atoms with van der Waals surface area (Å²) in [6.45, 7) is 4.43. The molecule has 1 aromatic carbocycles. The van der Waals surface area contributed by atoms with Crippen LogP contribution in [-0.2, 0) is 9.59 Å². The van der Waals surface area contributed by atoms with Gasteiger partial charge in [0.05, 0.1) is 6.26 Å². The van der Waals surface area contributed by atoms with Crippen molar-refractivity contribution in [3.63, 3.8) is 0 Å². The van der Waals surface area contributed by atoms with E-state index < -0.39 is 11.9 Å². The molecule has 2 heterocycles. The second kappa shape index (κ2) is 8.07. The van der Waals surface area contributed by atoms with Gasteiger partial charge in [-0.05, 0) is 48.7 Å². The maximum Gasteiger partial charge on any atom is 0.287 e. The summed E-state index contributed by atoms with van der Waals surface area (Å²) in [7, 11) is 0. The van der Waals surface area contributed by atoms with Crippen molar-refractivity contribution in [3.8, 4) is 0 Å². The first-order valence-electron chi connectivity index (χ1n) is 9.01. The molecule has 2 aromatic rings. The first-order valence-corrected chi connectivity index (χ1v) is 9.01. The molecule has 0 spiro atoms. The summed E-state index contributed by atoms with van der Waals surface area (Å²) in [6, 6.07) is 9.59. The van der Waals surface area contributed by atoms with Crippen LogP contribution in [0, 0.1) is 5.92 Å². The number of furan rings is 1. The number of hydrogen-bond acceptors (Lipinski definition) is 4. The van der Waals surface area contributed by atoms with Crippen molar-refractivity contribution in [2.75, 3.05) is 16.8 Å². The van der Waals surface area contributed by atoms with Crippen LogP contribution in [0.25, 0.3) is 0 Å². The Morgan fingerprint density at radius 1 is 1.15 bits per heavy atom. The summed E-state index contributed by atoms with van der Waals surface area (Å²) in [6.07, 6.45) is 2.85. The van der Waals surface area contributed by atoms with Crippen LogP contribution in [-0.4, -0.2) is 30.3 Å². The van der Waals surface area contributed by atoms with E-state index in [2.05, 4.69) is 10.6 Å². The van der Waals surface area contributed by atoms with Crippen LogP contribution >= 0.6 is 0 Å². The highest BCUT2D eigenvalue weighted by Crippen LogP contribution is 2.23. The molecular formula is C20H23N3O4. The first-order chi connectivity index (χ1) is 13.0. The lowest BCUT2D eigenvalue weighted by molar-refractivity contribution is -0.119. The van der Waals surface area contributed by atoms with Gasteiger partial charge in [-0.1, -0.05) is 13.8 Å². The number of nitrogens with zero attached hydrogens (tertiary/aromatic N) is 1. The van der Waals surface area contributed by atoms with E-state index in [0.717, 1.165) is 18.7 Å². The van der Waals surface area contributed by atoms with Crippen molar-refractivity contribution in [2.24, 2.45) is 5.92 Å². The highest BCUT2D eigenvalue weighted by Gasteiger charge is 2.26. The van der Waals surface area contributed by atoms with Gasteiger partial charge in [0.25, 0.3) is 5.91 Å². The number of rotatable bonds is 6. The monoisotopic (exact) mass is 369 g/mol. The molecule has 1 atom stereocenters. The van der Waals surface area contributed by atoms with E-state index in [0.29, 0.717) is 12.1 Å². The Labute approximate surface area is 157 Å². The van der Waals surface area contributed by atoms with Crippen LogP contribution in [0.15, 0.2) is 47.1 Å². The van der Waals surface area contributed by atoms with Crippen molar-refractivity contribution in [2.45, 2.75) is 32.7 Å². The van der Waals surface area contributed by atoms with E-state index in [-0.39, 0.29) is 23.5 Å². The average Bonchev–Trinajstić information content (AvgIpc) is 3.31. The molecule has 2 N–H and O–H groups in total. The number of carbonyl (C=O) groups is 3. The van der Waals surface area contributed by atoms with Crippen LogP contribution in [0.3, 0.4) is 0 Å². The fourth-order valence-electron chi connectivity index (χ4n) is 3.02. The van der Waals surface area contributed by atoms with E-state index >= 15 is 0 Å². The Bertz CT molecular complexity index is 812. The number of anilines is 2. The zero-order chi connectivity index (χ0) is 19.4. The molecule has 1 saturated heterocycles. The zero-order valence-electron chi connectivity index (χ0n) is 15.4. The summed E-state index contributed by atoms with van der Waals surface area (Å²) >= 11 is 0. The molecule has 1 fully saturated rings. The maximum atomic E-state index is 12.6. The predicted molar refractivity (Wildman–Crippen MR) is 101 cm³/mol. The van der Waals surface area contributed by atoms with Crippen LogP contribution in [0.2, 0.25) is 0 Å². The van der Waals surface area contributed by atoms with Gasteiger partial charge in [-0.3, -0.25) is 14.4 Å². The summed E-state index contributed by atoms with van der Waals surface area (Å²) in [4.78, 5) is 38.4. The molecule has 142 valence electrons. The van der Waals surface area contributed by atoms with E-state index in [4.69, 9.17) is 4.42 Å². The van der Waals surface area contributed by atoms with E-state index in [1.54, 1.807) is 29.2 Å². The third kappa shape index (κ3) is 4.36. The summed E-state index contributed by atoms with van der Waals surface area (Å²) < 4.78 is 5.07. The minimum atomic E-state index is -0.706. The maximum absolute atomic E-state index is 12.6. The Hall–Kier alpha value is -3.09. The molecule has 1 aliphatic rings. The smallest absolute Gasteiger partial charge is 0.287 e. The van der Waals surface area contributed by atoms with Crippen LogP contribution < -0.4 is 15.5 Å². The standard InChI is InChI=1S/C20H23N3O4/c1-13(2)18(22-19(25)16-5-4-12-27-16)20(26)21-14-7-9-15(10-8-14)23-11-3-6-17(23)24/h4-5,7-10,12-13,18H,3,6,11H2,1-2H3,(H,21,26)(H,22,25). The lowest BCUT2D eigenvalue weighted by atomic mass is 10.0. The minimum absolute atomic E-state index is 0.106. The number of amides is 3. The quantitative estimate of drug-likeness (QED) is 0.819. The molecule has 0 bridgehead atoms. The minimum Gasteiger partial charge on any atom is -0.459 e. The number of carbonyl (C=O) groups excluding carboxylic acids is 3. The second-order valence-corrected chi connectivity index (χ2v) is 6.86. The highest BCUT2D eigenvalue weighted by atomic mass is 16.3. The van der Waals surface area contributed by atoms with Gasteiger partial charge in [0.15, 0.2) is 5.76 Å². The average molecular weight is 369 g/mol. The molecule has 3 amide bonds. The summed E-state index contributed by atoms with van der Waals surface area (Å²) in [5, 5.41) is 5.52. The molecule has 7 heteroatoms. The van der Waals surface area contributed by atoms with Gasteiger partial charge in [0.1, 0.15) is 6.04 Å². The summed E-state index contributed by atoms with van der Waals surface area (Å²) in [5.41, 5.74) is 1.43. The second-order valence-electron chi connectivity index (χ2n) is 6.86. The van der Waals surface area contributed by atoms with Crippen LogP contribution in [0.1, 0.15) is 37.2 Å². The molecule has 1 aliphatic heterocycles. The number of nitrogens with one attached hydrogen (secondary N) is 2. The Balaban J connectivity index is 1.65. The van der Waals surface area contributed by atoms with Gasteiger partial charge in [0, 0.05) is 24.3 Å². The van der Waals surface area contributed by atoms with Crippen LogP contribution in [0.4, 0.5) is 11.4 Å². The lowest BCUT2D eigenvalue weighted by Gasteiger charge is -2.21. The molecular weight excluding hydrogens is 346 g/mol. The van der Waals surface area contributed by atoms with E-state index in [1.807, 2.05) is 26.0 Å². The molecule has 0 radical (unpaired) electrons. The van der Waals surface area contributed by atoms with Crippen molar-refractivity contribution >= 4 is 29.1 Å². The van der Waals surface area contributed by atoms with Crippen molar-refractivity contribution in [1.82, 2.24) is 5.32 Å². The van der Waals surface area contributed by atoms with Crippen LogP contribution in [0.5, 0.6) is 0 Å². The van der Waals surface area contributed by atoms with Gasteiger partial charge in [-0.15, -0.1) is 0 Å². The van der Waals surface area contributed by atoms with Crippen molar-refractivity contribution in [3.05, 3.63) is 48.4 Å². The van der Waals surface area contributed by atoms with Gasteiger partial charge in [0.2, 0.25) is 11.8 Å². The van der Waals surface area contributed by atoms with Gasteiger partial charge < -0.3 is 20.0 Å². The van der Waals surface area contributed by atoms with Crippen molar-refractivity contribution < 1.29 is 18.8 Å². The Morgan fingerprint density at radius 3 is 2.44 bits per heavy atom. The topological polar surface area (TPSA) is 91.7 Å². The molecule has 0 aliphatic carbocycles. The first kappa shape index (κ1) is 18.7. The highest BCUT2D eigenvalue weighted by molar-refractivity contribution is 6.00. The third-order valence-corrected chi connectivity index (χ3v) is 4.50. The lowest BCUT2D eigenvalue weighted by Crippen LogP contribution is -2.47. The van der Waals surface area contributed by atoms with E-state index in [1.165, 1.54) is 6.26 Å². The zero-order valence-corrected chi connectivity index (χ0v) is 15.4. The third-order valence-electron chi connectivity index (χ3n) is 4.50. The Kier molecular flexibility index (Phi) is 5.59. The summed E-state index contributed by atoms with van der Waals surface area (Å²) in [5.74, 6) is -0.572. The predicted octanol–water partition coefficient (Wildman–Crippen LogP) is 2.80. The molecule has 3 rings (SSSR count). The van der Waals surface area contributed by atoms with Gasteiger partial charge in [-0.2, -0.15) is 0 Å². The number of hydrogen-bond donors (Lipinski definition) is 2. The number of benzene rings is 1. The van der Waals surface area contributed by atoms with Gasteiger partial charge in [-0.25, -0.2) is 0 Å². The normalized spacial score (nSPS) is 15.1. The fraction of sp³-hybridized carbons (Fsp3) is 0.350. The Morgan fingerprint density at radius 2 is 1.89 bits per heavy atom. The largest absolute Gasteiger partial charge is 0.459 e. The molecule has 7 nitrogen and oxygen atoms in total. The van der Waals surface area contributed by atoms with E-state index in [9.17, 15) is 14.4 Å². The fourth-order valence-corrected chi connectivity index (χ4v) is 3.02. The molecule has 1 aromatic heterocycles. The SMILES string of the molecule is CC(C)C(NC(=O)c1ccco1)C(=O)Nc1ccc(N2CCCC2=O)cc1. The molecule has 0 saturated carbocycles. The van der Waals surface area contributed by atoms with Crippen molar-refractivity contribution in [1.29, 1.82) is 0 Å². The molecule has 1 unspecified atom stereocenters.